The minimum absolute atomic E-state index is 0.143. The third-order valence-electron chi connectivity index (χ3n) is 4.56. The van der Waals surface area contributed by atoms with Gasteiger partial charge in [-0.3, -0.25) is 19.0 Å². The monoisotopic (exact) mass is 408 g/mol. The van der Waals surface area contributed by atoms with E-state index in [1.807, 2.05) is 13.0 Å². The minimum atomic E-state index is -0.372. The number of carbonyl (C=O) groups is 2. The van der Waals surface area contributed by atoms with E-state index < -0.39 is 0 Å². The van der Waals surface area contributed by atoms with Crippen LogP contribution in [0.3, 0.4) is 0 Å². The zero-order valence-corrected chi connectivity index (χ0v) is 17.0. The van der Waals surface area contributed by atoms with Gasteiger partial charge in [0.05, 0.1) is 18.1 Å². The summed E-state index contributed by atoms with van der Waals surface area (Å²) in [6.07, 6.45) is 0.363. The molecule has 0 radical (unpaired) electrons. The summed E-state index contributed by atoms with van der Waals surface area (Å²) in [6, 6.07) is 14.1. The first-order valence-corrected chi connectivity index (χ1v) is 9.71. The van der Waals surface area contributed by atoms with Crippen molar-refractivity contribution in [2.45, 2.75) is 26.3 Å². The van der Waals surface area contributed by atoms with E-state index in [-0.39, 0.29) is 42.5 Å². The van der Waals surface area contributed by atoms with Crippen molar-refractivity contribution in [1.82, 2.24) is 14.9 Å². The van der Waals surface area contributed by atoms with Crippen LogP contribution in [0.15, 0.2) is 53.3 Å². The standard InChI is InChI=1S/C22H24N4O4/c1-3-23-20(27)13-12-18-22(29)26(19-7-5-4-6-17(19)25-18)14-21(28)24-15-8-10-16(30-2)11-9-15/h4-11H,3,12-14H2,1-2H3,(H,23,27)(H,24,28). The second-order valence-electron chi connectivity index (χ2n) is 6.67. The largest absolute Gasteiger partial charge is 0.497 e. The van der Waals surface area contributed by atoms with Crippen molar-refractivity contribution in [2.75, 3.05) is 19.0 Å². The Bertz CT molecular complexity index is 1110. The minimum Gasteiger partial charge on any atom is -0.497 e. The van der Waals surface area contributed by atoms with E-state index in [2.05, 4.69) is 15.6 Å². The highest BCUT2D eigenvalue weighted by molar-refractivity contribution is 5.91. The van der Waals surface area contributed by atoms with Gasteiger partial charge in [-0.05, 0) is 43.3 Å². The van der Waals surface area contributed by atoms with Gasteiger partial charge in [0.2, 0.25) is 11.8 Å². The Kier molecular flexibility index (Phi) is 6.79. The average Bonchev–Trinajstić information content (AvgIpc) is 2.75. The number of aromatic nitrogens is 2. The Morgan fingerprint density at radius 3 is 2.50 bits per heavy atom. The highest BCUT2D eigenvalue weighted by Gasteiger charge is 2.15. The molecule has 0 saturated carbocycles. The number of nitrogens with one attached hydrogen (secondary N) is 2. The number of hydrogen-bond acceptors (Lipinski definition) is 5. The van der Waals surface area contributed by atoms with E-state index in [4.69, 9.17) is 4.74 Å². The van der Waals surface area contributed by atoms with Crippen LogP contribution in [0.25, 0.3) is 11.0 Å². The van der Waals surface area contributed by atoms with Crippen molar-refractivity contribution in [2.24, 2.45) is 0 Å². The molecule has 0 bridgehead atoms. The topological polar surface area (TPSA) is 102 Å². The molecule has 8 nitrogen and oxygen atoms in total. The summed E-state index contributed by atoms with van der Waals surface area (Å²) in [5.74, 6) is 0.199. The fourth-order valence-corrected chi connectivity index (χ4v) is 3.10. The van der Waals surface area contributed by atoms with Gasteiger partial charge in [-0.15, -0.1) is 0 Å². The van der Waals surface area contributed by atoms with Crippen LogP contribution in [-0.4, -0.2) is 35.0 Å². The number of hydrogen-bond donors (Lipinski definition) is 2. The Balaban J connectivity index is 1.85. The van der Waals surface area contributed by atoms with Gasteiger partial charge < -0.3 is 15.4 Å². The molecule has 3 aromatic rings. The molecule has 1 aromatic heterocycles. The summed E-state index contributed by atoms with van der Waals surface area (Å²) in [7, 11) is 1.57. The smallest absolute Gasteiger partial charge is 0.273 e. The van der Waals surface area contributed by atoms with Gasteiger partial charge in [0.15, 0.2) is 0 Å². The summed E-state index contributed by atoms with van der Waals surface area (Å²) < 4.78 is 6.51. The van der Waals surface area contributed by atoms with Crippen LogP contribution >= 0.6 is 0 Å². The van der Waals surface area contributed by atoms with Crippen molar-refractivity contribution in [1.29, 1.82) is 0 Å². The summed E-state index contributed by atoms with van der Waals surface area (Å²) in [6.45, 7) is 2.20. The number of aryl methyl sites for hydroxylation is 1. The van der Waals surface area contributed by atoms with Crippen molar-refractivity contribution in [3.05, 3.63) is 64.6 Å². The van der Waals surface area contributed by atoms with Crippen LogP contribution in [0, 0.1) is 0 Å². The Morgan fingerprint density at radius 2 is 1.80 bits per heavy atom. The Morgan fingerprint density at radius 1 is 1.07 bits per heavy atom. The first-order chi connectivity index (χ1) is 14.5. The normalized spacial score (nSPS) is 10.6. The number of ether oxygens (including phenoxy) is 1. The molecule has 0 aliphatic carbocycles. The highest BCUT2D eigenvalue weighted by atomic mass is 16.5. The molecule has 0 spiro atoms. The molecule has 8 heteroatoms. The number of benzene rings is 2. The molecule has 0 aliphatic rings. The average molecular weight is 408 g/mol. The van der Waals surface area contributed by atoms with Crippen molar-refractivity contribution in [3.8, 4) is 5.75 Å². The predicted molar refractivity (Wildman–Crippen MR) is 115 cm³/mol. The number of para-hydroxylation sites is 2. The number of rotatable bonds is 8. The maximum atomic E-state index is 13.0. The summed E-state index contributed by atoms with van der Waals surface area (Å²) >= 11 is 0. The first-order valence-electron chi connectivity index (χ1n) is 9.71. The molecule has 2 N–H and O–H groups in total. The molecule has 0 aliphatic heterocycles. The Hall–Kier alpha value is -3.68. The van der Waals surface area contributed by atoms with E-state index in [0.29, 0.717) is 29.0 Å². The number of methoxy groups -OCH3 is 1. The van der Waals surface area contributed by atoms with Gasteiger partial charge in [0, 0.05) is 25.1 Å². The van der Waals surface area contributed by atoms with Crippen molar-refractivity contribution < 1.29 is 14.3 Å². The maximum absolute atomic E-state index is 13.0. The fraction of sp³-hybridized carbons (Fsp3) is 0.273. The quantitative estimate of drug-likeness (QED) is 0.594. The van der Waals surface area contributed by atoms with Crippen LogP contribution in [0.4, 0.5) is 5.69 Å². The zero-order chi connectivity index (χ0) is 21.5. The molecule has 0 unspecified atom stereocenters. The summed E-state index contributed by atoms with van der Waals surface area (Å²) in [5, 5.41) is 5.49. The summed E-state index contributed by atoms with van der Waals surface area (Å²) in [4.78, 5) is 41.8. The highest BCUT2D eigenvalue weighted by Crippen LogP contribution is 2.15. The zero-order valence-electron chi connectivity index (χ0n) is 17.0. The third-order valence-corrected chi connectivity index (χ3v) is 4.56. The van der Waals surface area contributed by atoms with Gasteiger partial charge in [-0.2, -0.15) is 0 Å². The van der Waals surface area contributed by atoms with E-state index >= 15 is 0 Å². The lowest BCUT2D eigenvalue weighted by Crippen LogP contribution is -2.32. The van der Waals surface area contributed by atoms with Crippen LogP contribution in [-0.2, 0) is 22.6 Å². The molecule has 0 atom stereocenters. The molecular weight excluding hydrogens is 384 g/mol. The lowest BCUT2D eigenvalue weighted by atomic mass is 10.2. The van der Waals surface area contributed by atoms with Gasteiger partial charge >= 0.3 is 0 Å². The van der Waals surface area contributed by atoms with Gasteiger partial charge in [0.25, 0.3) is 5.56 Å². The molecule has 156 valence electrons. The van der Waals surface area contributed by atoms with Crippen molar-refractivity contribution in [3.63, 3.8) is 0 Å². The maximum Gasteiger partial charge on any atom is 0.273 e. The number of fused-ring (bicyclic) bond motifs is 1. The lowest BCUT2D eigenvalue weighted by molar-refractivity contribution is -0.121. The first kappa shape index (κ1) is 21.0. The molecule has 0 fully saturated rings. The molecule has 2 aromatic carbocycles. The van der Waals surface area contributed by atoms with Gasteiger partial charge in [-0.25, -0.2) is 4.98 Å². The van der Waals surface area contributed by atoms with Crippen LogP contribution in [0.1, 0.15) is 19.0 Å². The molecule has 30 heavy (non-hydrogen) atoms. The van der Waals surface area contributed by atoms with Crippen LogP contribution < -0.4 is 20.9 Å². The van der Waals surface area contributed by atoms with Crippen LogP contribution in [0.2, 0.25) is 0 Å². The SMILES string of the molecule is CCNC(=O)CCc1nc2ccccc2n(CC(=O)Nc2ccc(OC)cc2)c1=O. The number of nitrogens with zero attached hydrogens (tertiary/aromatic N) is 2. The molecular formula is C22H24N4O4. The van der Waals surface area contributed by atoms with E-state index in [9.17, 15) is 14.4 Å². The van der Waals surface area contributed by atoms with E-state index in [0.717, 1.165) is 0 Å². The van der Waals surface area contributed by atoms with Gasteiger partial charge in [-0.1, -0.05) is 12.1 Å². The molecule has 0 saturated heterocycles. The third kappa shape index (κ3) is 5.02. The lowest BCUT2D eigenvalue weighted by Gasteiger charge is -2.13. The summed E-state index contributed by atoms with van der Waals surface area (Å²) in [5.41, 5.74) is 1.65. The molecule has 1 heterocycles. The van der Waals surface area contributed by atoms with Crippen LogP contribution in [0.5, 0.6) is 5.75 Å². The number of anilines is 1. The number of amides is 2. The van der Waals surface area contributed by atoms with E-state index in [1.165, 1.54) is 4.57 Å². The second kappa shape index (κ2) is 9.69. The molecule has 2 amide bonds. The number of carbonyl (C=O) groups excluding carboxylic acids is 2. The Labute approximate surface area is 173 Å². The molecule has 3 rings (SSSR count). The van der Waals surface area contributed by atoms with Crippen molar-refractivity contribution >= 4 is 28.5 Å². The predicted octanol–water partition coefficient (Wildman–Crippen LogP) is 2.11. The fourth-order valence-electron chi connectivity index (χ4n) is 3.10. The van der Waals surface area contributed by atoms with E-state index in [1.54, 1.807) is 49.6 Å². The van der Waals surface area contributed by atoms with Gasteiger partial charge in [0.1, 0.15) is 18.0 Å². The second-order valence-corrected chi connectivity index (χ2v) is 6.67.